The number of aryl methyl sites for hydroxylation is 1. The number of likely N-dealkylation sites (N-methyl/N-ethyl adjacent to an activating group) is 1. The first-order chi connectivity index (χ1) is 8.82. The molecule has 8 heteroatoms. The monoisotopic (exact) mass is 287 g/mol. The lowest BCUT2D eigenvalue weighted by Gasteiger charge is -2.17. The van der Waals surface area contributed by atoms with Crippen LogP contribution in [-0.4, -0.2) is 39.3 Å². The zero-order chi connectivity index (χ0) is 14.6. The molecule has 0 heterocycles. The maximum absolute atomic E-state index is 12.2. The highest BCUT2D eigenvalue weighted by Crippen LogP contribution is 2.22. The minimum absolute atomic E-state index is 0.0955. The van der Waals surface area contributed by atoms with Gasteiger partial charge in [-0.15, -0.1) is 0 Å². The van der Waals surface area contributed by atoms with Crippen LogP contribution in [0.15, 0.2) is 23.1 Å². The number of carbonyl (C=O) groups is 1. The predicted octanol–water partition coefficient (Wildman–Crippen LogP) is -0.386. The third-order valence-corrected chi connectivity index (χ3v) is 4.40. The van der Waals surface area contributed by atoms with Gasteiger partial charge in [0.25, 0.3) is 0 Å². The summed E-state index contributed by atoms with van der Waals surface area (Å²) in [6.45, 7) is 1.40. The Bertz CT molecular complexity index is 571. The number of ether oxygens (including phenoxy) is 1. The fourth-order valence-electron chi connectivity index (χ4n) is 1.52. The number of nitrogens with one attached hydrogen (secondary N) is 1. The normalized spacial score (nSPS) is 11.4. The molecule has 1 aromatic rings. The molecular weight excluding hydrogens is 270 g/mol. The Hall–Kier alpha value is -1.64. The maximum Gasteiger partial charge on any atom is 0.249 e. The molecule has 3 N–H and O–H groups in total. The van der Waals surface area contributed by atoms with Gasteiger partial charge in [0, 0.05) is 7.05 Å². The molecule has 0 aromatic heterocycles. The average molecular weight is 287 g/mol. The minimum Gasteiger partial charge on any atom is -0.496 e. The topological polar surface area (TPSA) is 102 Å². The first kappa shape index (κ1) is 15.4. The molecule has 0 aliphatic carbocycles. The number of benzene rings is 1. The fraction of sp³-hybridized carbons (Fsp3) is 0.364. The summed E-state index contributed by atoms with van der Waals surface area (Å²) < 4.78 is 30.4. The lowest BCUT2D eigenvalue weighted by atomic mass is 10.2. The molecule has 1 amide bonds. The molecule has 0 radical (unpaired) electrons. The highest BCUT2D eigenvalue weighted by Gasteiger charge is 2.23. The molecule has 19 heavy (non-hydrogen) atoms. The van der Waals surface area contributed by atoms with E-state index in [2.05, 4.69) is 0 Å². The van der Waals surface area contributed by atoms with Crippen molar-refractivity contribution in [3.63, 3.8) is 0 Å². The minimum atomic E-state index is -3.73. The lowest BCUT2D eigenvalue weighted by molar-refractivity contribution is -0.121. The van der Waals surface area contributed by atoms with E-state index in [1.165, 1.54) is 26.3 Å². The highest BCUT2D eigenvalue weighted by atomic mass is 32.2. The lowest BCUT2D eigenvalue weighted by Crippen LogP contribution is -2.41. The molecular formula is C11H17N3O4S. The van der Waals surface area contributed by atoms with Crippen LogP contribution in [0.2, 0.25) is 0 Å². The molecule has 0 saturated heterocycles. The van der Waals surface area contributed by atoms with Crippen molar-refractivity contribution in [2.24, 2.45) is 5.84 Å². The van der Waals surface area contributed by atoms with Gasteiger partial charge >= 0.3 is 0 Å². The third kappa shape index (κ3) is 3.43. The quantitative estimate of drug-likeness (QED) is 0.436. The molecule has 0 spiro atoms. The molecule has 0 fully saturated rings. The van der Waals surface area contributed by atoms with Crippen molar-refractivity contribution < 1.29 is 17.9 Å². The van der Waals surface area contributed by atoms with Gasteiger partial charge in [0.1, 0.15) is 5.75 Å². The van der Waals surface area contributed by atoms with Crippen LogP contribution in [0.25, 0.3) is 0 Å². The van der Waals surface area contributed by atoms with Crippen LogP contribution in [0.5, 0.6) is 5.75 Å². The van der Waals surface area contributed by atoms with Crippen LogP contribution in [-0.2, 0) is 14.8 Å². The average Bonchev–Trinajstić information content (AvgIpc) is 2.38. The van der Waals surface area contributed by atoms with Crippen molar-refractivity contribution in [1.82, 2.24) is 9.73 Å². The van der Waals surface area contributed by atoms with Crippen molar-refractivity contribution in [1.29, 1.82) is 0 Å². The van der Waals surface area contributed by atoms with Crippen molar-refractivity contribution in [3.05, 3.63) is 23.8 Å². The predicted molar refractivity (Wildman–Crippen MR) is 69.9 cm³/mol. The molecule has 0 aliphatic rings. The number of nitrogens with zero attached hydrogens (tertiary/aromatic N) is 1. The standard InChI is InChI=1S/C11H17N3O4S/c1-8-6-9(4-5-10(8)18-3)19(16,17)14(2)7-11(15)13-12/h4-6H,7,12H2,1-3H3,(H,13,15). The maximum atomic E-state index is 12.2. The Morgan fingerprint density at radius 2 is 2.11 bits per heavy atom. The van der Waals surface area contributed by atoms with Crippen molar-refractivity contribution in [3.8, 4) is 5.75 Å². The fourth-order valence-corrected chi connectivity index (χ4v) is 2.74. The number of carbonyl (C=O) groups excluding carboxylic acids is 1. The summed E-state index contributed by atoms with van der Waals surface area (Å²) in [6, 6.07) is 4.49. The van der Waals surface area contributed by atoms with Gasteiger partial charge in [0.15, 0.2) is 0 Å². The zero-order valence-electron chi connectivity index (χ0n) is 11.0. The van der Waals surface area contributed by atoms with E-state index in [0.717, 1.165) is 4.31 Å². The number of amides is 1. The Labute approximate surface area is 112 Å². The number of sulfonamides is 1. The molecule has 0 unspecified atom stereocenters. The summed E-state index contributed by atoms with van der Waals surface area (Å²) in [7, 11) is -0.912. The van der Waals surface area contributed by atoms with Crippen LogP contribution < -0.4 is 16.0 Å². The van der Waals surface area contributed by atoms with Gasteiger partial charge in [-0.2, -0.15) is 4.31 Å². The summed E-state index contributed by atoms with van der Waals surface area (Å²) in [6.07, 6.45) is 0. The third-order valence-electron chi connectivity index (χ3n) is 2.60. The van der Waals surface area contributed by atoms with Crippen molar-refractivity contribution in [2.45, 2.75) is 11.8 Å². The van der Waals surface area contributed by atoms with E-state index in [9.17, 15) is 13.2 Å². The first-order valence-electron chi connectivity index (χ1n) is 5.43. The number of hydrogen-bond acceptors (Lipinski definition) is 5. The molecule has 0 aliphatic heterocycles. The van der Waals surface area contributed by atoms with Gasteiger partial charge in [-0.1, -0.05) is 0 Å². The summed E-state index contributed by atoms with van der Waals surface area (Å²) in [5, 5.41) is 0. The van der Waals surface area contributed by atoms with E-state index in [1.54, 1.807) is 13.0 Å². The number of hydrogen-bond donors (Lipinski definition) is 2. The molecule has 0 saturated carbocycles. The van der Waals surface area contributed by atoms with Crippen LogP contribution in [0.3, 0.4) is 0 Å². The van der Waals surface area contributed by atoms with E-state index in [4.69, 9.17) is 10.6 Å². The molecule has 7 nitrogen and oxygen atoms in total. The summed E-state index contributed by atoms with van der Waals surface area (Å²) in [5.74, 6) is 4.94. The van der Waals surface area contributed by atoms with E-state index in [-0.39, 0.29) is 11.4 Å². The first-order valence-corrected chi connectivity index (χ1v) is 6.87. The number of hydrazine groups is 1. The summed E-state index contributed by atoms with van der Waals surface area (Å²) >= 11 is 0. The van der Waals surface area contributed by atoms with E-state index >= 15 is 0 Å². The van der Waals surface area contributed by atoms with Crippen molar-refractivity contribution >= 4 is 15.9 Å². The van der Waals surface area contributed by atoms with E-state index in [1.807, 2.05) is 5.43 Å². The van der Waals surface area contributed by atoms with Gasteiger partial charge in [-0.25, -0.2) is 14.3 Å². The van der Waals surface area contributed by atoms with Crippen LogP contribution >= 0.6 is 0 Å². The zero-order valence-corrected chi connectivity index (χ0v) is 11.8. The van der Waals surface area contributed by atoms with Gasteiger partial charge in [-0.3, -0.25) is 10.2 Å². The van der Waals surface area contributed by atoms with Crippen LogP contribution in [0.4, 0.5) is 0 Å². The highest BCUT2D eigenvalue weighted by molar-refractivity contribution is 7.89. The smallest absolute Gasteiger partial charge is 0.249 e. The van der Waals surface area contributed by atoms with Gasteiger partial charge in [0.05, 0.1) is 18.6 Å². The number of methoxy groups -OCH3 is 1. The van der Waals surface area contributed by atoms with E-state index < -0.39 is 15.9 Å². The van der Waals surface area contributed by atoms with Gasteiger partial charge in [-0.05, 0) is 30.7 Å². The molecule has 0 bridgehead atoms. The van der Waals surface area contributed by atoms with Crippen LogP contribution in [0.1, 0.15) is 5.56 Å². The van der Waals surface area contributed by atoms with Crippen LogP contribution in [0, 0.1) is 6.92 Å². The Kier molecular flexibility index (Phi) is 4.87. The Balaban J connectivity index is 3.06. The molecule has 1 rings (SSSR count). The Morgan fingerprint density at radius 3 is 2.58 bits per heavy atom. The SMILES string of the molecule is COc1ccc(S(=O)(=O)N(C)CC(=O)NN)cc1C. The van der Waals surface area contributed by atoms with Crippen molar-refractivity contribution in [2.75, 3.05) is 20.7 Å². The second-order valence-corrected chi connectivity index (χ2v) is 6.00. The van der Waals surface area contributed by atoms with E-state index in [0.29, 0.717) is 11.3 Å². The number of nitrogens with two attached hydrogens (primary N) is 1. The second-order valence-electron chi connectivity index (χ2n) is 3.96. The Morgan fingerprint density at radius 1 is 1.47 bits per heavy atom. The molecule has 106 valence electrons. The number of rotatable bonds is 5. The summed E-state index contributed by atoms with van der Waals surface area (Å²) in [4.78, 5) is 11.2. The second kappa shape index (κ2) is 6.00. The molecule has 0 atom stereocenters. The van der Waals surface area contributed by atoms with Gasteiger partial charge < -0.3 is 4.74 Å². The van der Waals surface area contributed by atoms with Gasteiger partial charge in [0.2, 0.25) is 15.9 Å². The summed E-state index contributed by atoms with van der Waals surface area (Å²) in [5.41, 5.74) is 2.58. The molecule has 1 aromatic carbocycles. The largest absolute Gasteiger partial charge is 0.496 e.